The van der Waals surface area contributed by atoms with Gasteiger partial charge in [-0.1, -0.05) is 0 Å². The Kier molecular flexibility index (Phi) is 4.49. The first-order valence-electron chi connectivity index (χ1n) is 7.34. The quantitative estimate of drug-likeness (QED) is 0.907. The molecule has 23 heavy (non-hydrogen) atoms. The van der Waals surface area contributed by atoms with Gasteiger partial charge in [-0.3, -0.25) is 4.79 Å². The number of amides is 1. The fraction of sp³-hybridized carbons (Fsp3) is 0.312. The van der Waals surface area contributed by atoms with Crippen LogP contribution in [0.4, 0.5) is 5.69 Å². The van der Waals surface area contributed by atoms with Crippen LogP contribution in [-0.2, 0) is 14.6 Å². The zero-order valence-corrected chi connectivity index (χ0v) is 13.2. The van der Waals surface area contributed by atoms with Crippen LogP contribution in [0.25, 0.3) is 0 Å². The van der Waals surface area contributed by atoms with Gasteiger partial charge in [0.15, 0.2) is 15.6 Å². The second-order valence-corrected chi connectivity index (χ2v) is 7.41. The summed E-state index contributed by atoms with van der Waals surface area (Å²) in [5.41, 5.74) is 0.502. The van der Waals surface area contributed by atoms with Gasteiger partial charge in [-0.25, -0.2) is 8.42 Å². The van der Waals surface area contributed by atoms with Crippen molar-refractivity contribution in [3.63, 3.8) is 0 Å². The van der Waals surface area contributed by atoms with Gasteiger partial charge in [0.1, 0.15) is 0 Å². The van der Waals surface area contributed by atoms with Crippen LogP contribution in [0.3, 0.4) is 0 Å². The zero-order chi connectivity index (χ0) is 16.3. The molecule has 7 heteroatoms. The second-order valence-electron chi connectivity index (χ2n) is 5.37. The average Bonchev–Trinajstić information content (AvgIpc) is 3.20. The molecule has 0 unspecified atom stereocenters. The van der Waals surface area contributed by atoms with E-state index >= 15 is 0 Å². The zero-order valence-electron chi connectivity index (χ0n) is 12.4. The van der Waals surface area contributed by atoms with Crippen molar-refractivity contribution in [2.45, 2.75) is 23.8 Å². The van der Waals surface area contributed by atoms with E-state index in [2.05, 4.69) is 5.32 Å². The number of benzene rings is 1. The van der Waals surface area contributed by atoms with Crippen molar-refractivity contribution >= 4 is 21.4 Å². The standard InChI is InChI=1S/C16H17NO5S/c18-16(15-4-2-10-22-15)17-12-5-7-14(8-6-12)23(19,20)11-13-3-1-9-21-13/h2,4-8,10,13H,1,3,9,11H2,(H,17,18)/t13-/m0/s1. The molecule has 0 bridgehead atoms. The van der Waals surface area contributed by atoms with E-state index in [1.165, 1.54) is 18.4 Å². The lowest BCUT2D eigenvalue weighted by Gasteiger charge is -2.11. The Morgan fingerprint density at radius 2 is 2.00 bits per heavy atom. The lowest BCUT2D eigenvalue weighted by Crippen LogP contribution is -2.20. The topological polar surface area (TPSA) is 85.6 Å². The van der Waals surface area contributed by atoms with Crippen molar-refractivity contribution in [2.75, 3.05) is 17.7 Å². The van der Waals surface area contributed by atoms with Gasteiger partial charge in [0.25, 0.3) is 5.91 Å². The van der Waals surface area contributed by atoms with Crippen LogP contribution >= 0.6 is 0 Å². The maximum Gasteiger partial charge on any atom is 0.291 e. The van der Waals surface area contributed by atoms with Crippen LogP contribution < -0.4 is 5.32 Å². The summed E-state index contributed by atoms with van der Waals surface area (Å²) in [5, 5.41) is 2.64. The molecule has 1 saturated heterocycles. The highest BCUT2D eigenvalue weighted by Gasteiger charge is 2.24. The summed E-state index contributed by atoms with van der Waals surface area (Å²) in [6.07, 6.45) is 2.86. The molecule has 1 aliphatic rings. The number of nitrogens with one attached hydrogen (secondary N) is 1. The number of furan rings is 1. The van der Waals surface area contributed by atoms with Crippen LogP contribution in [-0.4, -0.2) is 32.8 Å². The van der Waals surface area contributed by atoms with Crippen LogP contribution in [0.1, 0.15) is 23.4 Å². The number of anilines is 1. The first-order chi connectivity index (χ1) is 11.0. The molecule has 1 amide bonds. The van der Waals surface area contributed by atoms with E-state index < -0.39 is 9.84 Å². The number of hydrogen-bond acceptors (Lipinski definition) is 5. The molecule has 0 spiro atoms. The maximum absolute atomic E-state index is 12.3. The normalized spacial score (nSPS) is 18.0. The summed E-state index contributed by atoms with van der Waals surface area (Å²) in [7, 11) is -3.39. The lowest BCUT2D eigenvalue weighted by atomic mass is 10.3. The van der Waals surface area contributed by atoms with E-state index in [4.69, 9.17) is 9.15 Å². The van der Waals surface area contributed by atoms with E-state index in [0.29, 0.717) is 12.3 Å². The molecular weight excluding hydrogens is 318 g/mol. The van der Waals surface area contributed by atoms with Gasteiger partial charge in [-0.05, 0) is 49.2 Å². The number of rotatable bonds is 5. The number of ether oxygens (including phenoxy) is 1. The summed E-state index contributed by atoms with van der Waals surface area (Å²) in [6, 6.07) is 9.27. The van der Waals surface area contributed by atoms with E-state index in [0.717, 1.165) is 12.8 Å². The summed E-state index contributed by atoms with van der Waals surface area (Å²) >= 11 is 0. The molecule has 2 aromatic rings. The Hall–Kier alpha value is -2.12. The van der Waals surface area contributed by atoms with Crippen molar-refractivity contribution in [3.8, 4) is 0 Å². The molecular formula is C16H17NO5S. The summed E-state index contributed by atoms with van der Waals surface area (Å²) in [4.78, 5) is 12.1. The van der Waals surface area contributed by atoms with Gasteiger partial charge in [0.2, 0.25) is 0 Å². The minimum atomic E-state index is -3.39. The monoisotopic (exact) mass is 335 g/mol. The Labute approximate surface area is 134 Å². The molecule has 1 aromatic carbocycles. The predicted octanol–water partition coefficient (Wildman–Crippen LogP) is 2.48. The van der Waals surface area contributed by atoms with Crippen LogP contribution in [0.15, 0.2) is 52.0 Å². The smallest absolute Gasteiger partial charge is 0.291 e. The minimum absolute atomic E-state index is 0.00883. The molecule has 1 N–H and O–H groups in total. The SMILES string of the molecule is O=C(Nc1ccc(S(=O)(=O)C[C@@H]2CCCO2)cc1)c1ccco1. The largest absolute Gasteiger partial charge is 0.459 e. The maximum atomic E-state index is 12.3. The highest BCUT2D eigenvalue weighted by molar-refractivity contribution is 7.91. The summed E-state index contributed by atoms with van der Waals surface area (Å²) in [5.74, 6) is -0.199. The van der Waals surface area contributed by atoms with Gasteiger partial charge in [-0.15, -0.1) is 0 Å². The Bertz CT molecular complexity index is 759. The molecule has 2 heterocycles. The molecule has 122 valence electrons. The van der Waals surface area contributed by atoms with Gasteiger partial charge >= 0.3 is 0 Å². The van der Waals surface area contributed by atoms with Crippen molar-refractivity contribution in [3.05, 3.63) is 48.4 Å². The third-order valence-electron chi connectivity index (χ3n) is 3.65. The highest BCUT2D eigenvalue weighted by Crippen LogP contribution is 2.21. The van der Waals surface area contributed by atoms with Crippen molar-refractivity contribution in [1.82, 2.24) is 0 Å². The van der Waals surface area contributed by atoms with E-state index in [9.17, 15) is 13.2 Å². The van der Waals surface area contributed by atoms with E-state index in [1.54, 1.807) is 24.3 Å². The Morgan fingerprint density at radius 1 is 1.22 bits per heavy atom. The number of carbonyl (C=O) groups excluding carboxylic acids is 1. The lowest BCUT2D eigenvalue weighted by molar-refractivity contribution is 0.0996. The predicted molar refractivity (Wildman–Crippen MR) is 84.1 cm³/mol. The number of carbonyl (C=O) groups is 1. The Morgan fingerprint density at radius 3 is 2.61 bits per heavy atom. The molecule has 0 radical (unpaired) electrons. The molecule has 1 aliphatic heterocycles. The second kappa shape index (κ2) is 6.55. The summed E-state index contributed by atoms with van der Waals surface area (Å²) in [6.45, 7) is 0.623. The first-order valence-corrected chi connectivity index (χ1v) is 8.99. The third-order valence-corrected chi connectivity index (χ3v) is 5.45. The van der Waals surface area contributed by atoms with Crippen molar-refractivity contribution < 1.29 is 22.4 Å². The minimum Gasteiger partial charge on any atom is -0.459 e. The Balaban J connectivity index is 1.67. The van der Waals surface area contributed by atoms with Crippen molar-refractivity contribution in [2.24, 2.45) is 0 Å². The van der Waals surface area contributed by atoms with Gasteiger partial charge in [0.05, 0.1) is 23.0 Å². The van der Waals surface area contributed by atoms with Crippen LogP contribution in [0.5, 0.6) is 0 Å². The van der Waals surface area contributed by atoms with E-state index in [1.807, 2.05) is 0 Å². The molecule has 1 aromatic heterocycles. The fourth-order valence-electron chi connectivity index (χ4n) is 2.46. The van der Waals surface area contributed by atoms with Gasteiger partial charge < -0.3 is 14.5 Å². The average molecular weight is 335 g/mol. The molecule has 3 rings (SSSR count). The van der Waals surface area contributed by atoms with Gasteiger partial charge in [0, 0.05) is 12.3 Å². The molecule has 1 fully saturated rings. The van der Waals surface area contributed by atoms with Gasteiger partial charge in [-0.2, -0.15) is 0 Å². The molecule has 0 aliphatic carbocycles. The number of hydrogen-bond donors (Lipinski definition) is 1. The molecule has 6 nitrogen and oxygen atoms in total. The van der Waals surface area contributed by atoms with Crippen LogP contribution in [0, 0.1) is 0 Å². The number of sulfone groups is 1. The van der Waals surface area contributed by atoms with Crippen molar-refractivity contribution in [1.29, 1.82) is 0 Å². The van der Waals surface area contributed by atoms with E-state index in [-0.39, 0.29) is 28.4 Å². The molecule has 0 saturated carbocycles. The van der Waals surface area contributed by atoms with Crippen LogP contribution in [0.2, 0.25) is 0 Å². The summed E-state index contributed by atoms with van der Waals surface area (Å²) < 4.78 is 35.0. The fourth-order valence-corrected chi connectivity index (χ4v) is 3.96. The third kappa shape index (κ3) is 3.80. The molecule has 1 atom stereocenters. The first kappa shape index (κ1) is 15.8. The highest BCUT2D eigenvalue weighted by atomic mass is 32.2.